The van der Waals surface area contributed by atoms with Crippen molar-refractivity contribution in [2.45, 2.75) is 51.7 Å². The van der Waals surface area contributed by atoms with Gasteiger partial charge in [-0.15, -0.1) is 0 Å². The average molecular weight is 189 g/mol. The Labute approximate surface area is 78.8 Å². The van der Waals surface area contributed by atoms with Gasteiger partial charge >= 0.3 is 0 Å². The van der Waals surface area contributed by atoms with Crippen molar-refractivity contribution in [3.8, 4) is 0 Å². The lowest BCUT2D eigenvalue weighted by Gasteiger charge is -2.17. The van der Waals surface area contributed by atoms with Crippen LogP contribution in [-0.2, 0) is 11.4 Å². The summed E-state index contributed by atoms with van der Waals surface area (Å²) < 4.78 is 15.1. The maximum atomic E-state index is 11.3. The molecule has 12 heavy (non-hydrogen) atoms. The molecule has 0 bridgehead atoms. The molecule has 0 aromatic heterocycles. The Morgan fingerprint density at radius 2 is 2.00 bits per heavy atom. The van der Waals surface area contributed by atoms with E-state index in [2.05, 4.69) is 11.3 Å². The first kappa shape index (κ1) is 12.0. The molecule has 0 amide bonds. The molecule has 0 fully saturated rings. The van der Waals surface area contributed by atoms with Gasteiger partial charge in [0, 0.05) is 0 Å². The molecule has 0 saturated carbocycles. The second kappa shape index (κ2) is 5.60. The summed E-state index contributed by atoms with van der Waals surface area (Å²) in [6, 6.07) is 0. The average Bonchev–Trinajstić information content (AvgIpc) is 1.96. The van der Waals surface area contributed by atoms with E-state index < -0.39 is 11.4 Å². The van der Waals surface area contributed by atoms with Crippen LogP contribution in [0.25, 0.3) is 0 Å². The Balaban J connectivity index is 3.68. The van der Waals surface area contributed by atoms with E-state index in [0.29, 0.717) is 0 Å². The monoisotopic (exact) mass is 189 g/mol. The molecule has 0 radical (unpaired) electrons. The number of hydrogen-bond donors (Lipinski definition) is 0. The fourth-order valence-electron chi connectivity index (χ4n) is 0.574. The van der Waals surface area contributed by atoms with E-state index in [1.54, 1.807) is 6.21 Å². The van der Waals surface area contributed by atoms with Crippen molar-refractivity contribution in [2.24, 2.45) is 4.40 Å². The normalized spacial score (nSPS) is 15.4. The summed E-state index contributed by atoms with van der Waals surface area (Å²) in [5.74, 6) is 0. The minimum atomic E-state index is -1.07. The molecule has 72 valence electrons. The zero-order valence-corrected chi connectivity index (χ0v) is 9.28. The highest BCUT2D eigenvalue weighted by atomic mass is 32.2. The third-order valence-electron chi connectivity index (χ3n) is 1.38. The molecule has 0 rings (SSSR count). The molecule has 0 aromatic rings. The smallest absolute Gasteiger partial charge is 0.144 e. The lowest BCUT2D eigenvalue weighted by atomic mass is 10.3. The van der Waals surface area contributed by atoms with E-state index >= 15 is 0 Å². The zero-order chi connectivity index (χ0) is 9.61. The Morgan fingerprint density at radius 3 is 2.42 bits per heavy atom. The number of hydrogen-bond acceptors (Lipinski definition) is 2. The van der Waals surface area contributed by atoms with Crippen LogP contribution in [0, 0.1) is 0 Å². The molecule has 0 unspecified atom stereocenters. The fraction of sp³-hybridized carbons (Fsp3) is 0.889. The highest BCUT2D eigenvalue weighted by molar-refractivity contribution is 7.91. The van der Waals surface area contributed by atoms with Crippen LogP contribution < -0.4 is 0 Å². The molecule has 0 aliphatic heterocycles. The molecule has 0 heterocycles. The van der Waals surface area contributed by atoms with Gasteiger partial charge in [0.05, 0.1) is 6.21 Å². The lowest BCUT2D eigenvalue weighted by Crippen LogP contribution is -2.25. The van der Waals surface area contributed by atoms with E-state index in [9.17, 15) is 4.55 Å². The van der Waals surface area contributed by atoms with Gasteiger partial charge < -0.3 is 4.55 Å². The van der Waals surface area contributed by atoms with Crippen LogP contribution in [0.15, 0.2) is 4.40 Å². The number of unbranched alkanes of at least 4 members (excludes halogenated alkanes) is 2. The predicted octanol–water partition coefficient (Wildman–Crippen LogP) is 2.71. The van der Waals surface area contributed by atoms with Gasteiger partial charge in [-0.25, -0.2) is 0 Å². The van der Waals surface area contributed by atoms with Gasteiger partial charge in [0.1, 0.15) is 16.1 Å². The predicted molar refractivity (Wildman–Crippen MR) is 55.9 cm³/mol. The molecule has 0 saturated heterocycles. The Bertz CT molecular complexity index is 140. The summed E-state index contributed by atoms with van der Waals surface area (Å²) in [4.78, 5) is 0. The van der Waals surface area contributed by atoms with E-state index in [1.807, 2.05) is 20.8 Å². The van der Waals surface area contributed by atoms with Gasteiger partial charge in [-0.2, -0.15) is 0 Å². The summed E-state index contributed by atoms with van der Waals surface area (Å²) in [6.07, 6.45) is 5.02. The van der Waals surface area contributed by atoms with Gasteiger partial charge in [0.25, 0.3) is 0 Å². The Kier molecular flexibility index (Phi) is 5.59. The summed E-state index contributed by atoms with van der Waals surface area (Å²) in [7, 11) is 0. The van der Waals surface area contributed by atoms with Gasteiger partial charge in [0.15, 0.2) is 0 Å². The molecular formula is C9H19NOS. The number of rotatable bonds is 4. The molecule has 2 nitrogen and oxygen atoms in total. The highest BCUT2D eigenvalue weighted by Gasteiger charge is 2.25. The van der Waals surface area contributed by atoms with Gasteiger partial charge in [-0.05, 0) is 33.6 Å². The zero-order valence-electron chi connectivity index (χ0n) is 8.46. The maximum Gasteiger partial charge on any atom is 0.144 e. The molecule has 0 spiro atoms. The van der Waals surface area contributed by atoms with Gasteiger partial charge in [-0.1, -0.05) is 17.7 Å². The second-order valence-corrected chi connectivity index (χ2v) is 5.73. The van der Waals surface area contributed by atoms with Gasteiger partial charge in [0.2, 0.25) is 0 Å². The Morgan fingerprint density at radius 1 is 1.42 bits per heavy atom. The van der Waals surface area contributed by atoms with Crippen LogP contribution in [0.4, 0.5) is 0 Å². The minimum absolute atomic E-state index is 0.220. The van der Waals surface area contributed by atoms with Crippen molar-refractivity contribution in [1.82, 2.24) is 0 Å². The summed E-state index contributed by atoms with van der Waals surface area (Å²) in [6.45, 7) is 7.93. The quantitative estimate of drug-likeness (QED) is 0.380. The van der Waals surface area contributed by atoms with Crippen LogP contribution in [0.3, 0.4) is 0 Å². The largest absolute Gasteiger partial charge is 0.591 e. The Hall–Kier alpha value is -0.0200. The van der Waals surface area contributed by atoms with E-state index in [-0.39, 0.29) is 4.75 Å². The summed E-state index contributed by atoms with van der Waals surface area (Å²) in [5, 5.41) is 0. The first-order valence-corrected chi connectivity index (χ1v) is 5.53. The van der Waals surface area contributed by atoms with Crippen molar-refractivity contribution in [3.05, 3.63) is 0 Å². The van der Waals surface area contributed by atoms with Crippen molar-refractivity contribution < 1.29 is 4.55 Å². The second-order valence-electron chi connectivity index (χ2n) is 3.79. The van der Waals surface area contributed by atoms with Crippen LogP contribution in [0.5, 0.6) is 0 Å². The van der Waals surface area contributed by atoms with Crippen molar-refractivity contribution in [1.29, 1.82) is 0 Å². The molecule has 0 aliphatic rings. The van der Waals surface area contributed by atoms with Crippen LogP contribution in [-0.4, -0.2) is 15.5 Å². The van der Waals surface area contributed by atoms with E-state index in [1.165, 1.54) is 0 Å². The summed E-state index contributed by atoms with van der Waals surface area (Å²) in [5.41, 5.74) is 0. The van der Waals surface area contributed by atoms with Crippen LogP contribution in [0.2, 0.25) is 0 Å². The molecule has 3 heteroatoms. The summed E-state index contributed by atoms with van der Waals surface area (Å²) >= 11 is -1.07. The standard InChI is InChI=1S/C9H19NOS/c1-5-6-7-8-10-12(11)9(2,3)4/h8H,5-7H2,1-4H3/b10-8+/t12-/m0/s1. The molecule has 0 aliphatic carbocycles. The third-order valence-corrected chi connectivity index (χ3v) is 2.77. The fourth-order valence-corrected chi connectivity index (χ4v) is 1.13. The minimum Gasteiger partial charge on any atom is -0.591 e. The molecule has 1 atom stereocenters. The molecule has 0 N–H and O–H groups in total. The highest BCUT2D eigenvalue weighted by Crippen LogP contribution is 2.16. The van der Waals surface area contributed by atoms with Crippen molar-refractivity contribution in [3.63, 3.8) is 0 Å². The van der Waals surface area contributed by atoms with Crippen LogP contribution >= 0.6 is 0 Å². The van der Waals surface area contributed by atoms with Crippen molar-refractivity contribution in [2.75, 3.05) is 0 Å². The maximum absolute atomic E-state index is 11.3. The van der Waals surface area contributed by atoms with E-state index in [4.69, 9.17) is 0 Å². The van der Waals surface area contributed by atoms with Gasteiger partial charge in [-0.3, -0.25) is 0 Å². The van der Waals surface area contributed by atoms with Crippen molar-refractivity contribution >= 4 is 17.6 Å². The lowest BCUT2D eigenvalue weighted by molar-refractivity contribution is 0.561. The first-order chi connectivity index (χ1) is 5.48. The number of nitrogens with zero attached hydrogens (tertiary/aromatic N) is 1. The molecule has 0 aromatic carbocycles. The topological polar surface area (TPSA) is 35.4 Å². The third kappa shape index (κ3) is 5.61. The van der Waals surface area contributed by atoms with Crippen LogP contribution in [0.1, 0.15) is 47.0 Å². The molecular weight excluding hydrogens is 170 g/mol. The van der Waals surface area contributed by atoms with E-state index in [0.717, 1.165) is 19.3 Å². The first-order valence-electron chi connectivity index (χ1n) is 4.43. The SMILES string of the molecule is CCCC/C=N/[S@@+]([O-])C(C)(C)C.